The standard InChI is InChI=1S/C20H22O2/c21-19-13-7-8-14-20(19,18-11-5-2-6-12-18)16-22-15-17-9-3-1-4-10-17/h1-6,9-12H,7-8,13-16H2/t20-/m0/s1. The highest BCUT2D eigenvalue weighted by molar-refractivity contribution is 5.91. The molecule has 0 aliphatic heterocycles. The number of carbonyl (C=O) groups is 1. The van der Waals surface area contributed by atoms with Gasteiger partial charge in [-0.3, -0.25) is 4.79 Å². The first-order valence-corrected chi connectivity index (χ1v) is 8.02. The Balaban J connectivity index is 1.76. The molecule has 2 aromatic rings. The third-order valence-electron chi connectivity index (χ3n) is 4.58. The molecule has 2 nitrogen and oxygen atoms in total. The zero-order valence-corrected chi connectivity index (χ0v) is 12.8. The highest BCUT2D eigenvalue weighted by Crippen LogP contribution is 2.37. The fourth-order valence-corrected chi connectivity index (χ4v) is 3.31. The van der Waals surface area contributed by atoms with Gasteiger partial charge >= 0.3 is 0 Å². The van der Waals surface area contributed by atoms with Gasteiger partial charge in [0.25, 0.3) is 0 Å². The van der Waals surface area contributed by atoms with Crippen LogP contribution in [-0.2, 0) is 21.6 Å². The second-order valence-electron chi connectivity index (χ2n) is 6.06. The van der Waals surface area contributed by atoms with Crippen molar-refractivity contribution < 1.29 is 9.53 Å². The van der Waals surface area contributed by atoms with Crippen molar-refractivity contribution >= 4 is 5.78 Å². The van der Waals surface area contributed by atoms with Crippen LogP contribution in [0, 0.1) is 0 Å². The number of Topliss-reactive ketones (excluding diaryl/α,β-unsaturated/α-hetero) is 1. The average molecular weight is 294 g/mol. The summed E-state index contributed by atoms with van der Waals surface area (Å²) in [7, 11) is 0. The molecule has 114 valence electrons. The Morgan fingerprint density at radius 1 is 0.909 bits per heavy atom. The summed E-state index contributed by atoms with van der Waals surface area (Å²) in [4.78, 5) is 12.7. The van der Waals surface area contributed by atoms with E-state index in [2.05, 4.69) is 24.3 Å². The summed E-state index contributed by atoms with van der Waals surface area (Å²) in [5, 5.41) is 0. The zero-order valence-electron chi connectivity index (χ0n) is 12.8. The third kappa shape index (κ3) is 3.12. The molecule has 22 heavy (non-hydrogen) atoms. The highest BCUT2D eigenvalue weighted by Gasteiger charge is 2.41. The third-order valence-corrected chi connectivity index (χ3v) is 4.58. The van der Waals surface area contributed by atoms with E-state index in [1.54, 1.807) is 0 Å². The van der Waals surface area contributed by atoms with Crippen LogP contribution in [0.2, 0.25) is 0 Å². The van der Waals surface area contributed by atoms with Crippen molar-refractivity contribution in [2.45, 2.75) is 37.7 Å². The first-order chi connectivity index (χ1) is 10.8. The van der Waals surface area contributed by atoms with Crippen molar-refractivity contribution in [1.82, 2.24) is 0 Å². The lowest BCUT2D eigenvalue weighted by Gasteiger charge is -2.36. The zero-order chi connectivity index (χ0) is 15.3. The van der Waals surface area contributed by atoms with Gasteiger partial charge in [-0.05, 0) is 24.0 Å². The van der Waals surface area contributed by atoms with E-state index in [0.717, 1.165) is 30.4 Å². The maximum Gasteiger partial charge on any atom is 0.145 e. The van der Waals surface area contributed by atoms with Crippen LogP contribution >= 0.6 is 0 Å². The number of carbonyl (C=O) groups excluding carboxylic acids is 1. The molecule has 0 bridgehead atoms. The molecule has 2 aromatic carbocycles. The first kappa shape index (κ1) is 15.0. The van der Waals surface area contributed by atoms with Crippen LogP contribution in [0.25, 0.3) is 0 Å². The van der Waals surface area contributed by atoms with Gasteiger partial charge in [-0.2, -0.15) is 0 Å². The number of ketones is 1. The molecule has 1 aliphatic rings. The summed E-state index contributed by atoms with van der Waals surface area (Å²) in [6.45, 7) is 1.04. The SMILES string of the molecule is O=C1CCCC[C@]1(COCc1ccccc1)c1ccccc1. The van der Waals surface area contributed by atoms with E-state index in [-0.39, 0.29) is 0 Å². The molecule has 1 fully saturated rings. The second kappa shape index (κ2) is 6.89. The van der Waals surface area contributed by atoms with Gasteiger partial charge in [-0.25, -0.2) is 0 Å². The predicted molar refractivity (Wildman–Crippen MR) is 87.7 cm³/mol. The van der Waals surface area contributed by atoms with Crippen LogP contribution in [0.4, 0.5) is 0 Å². The van der Waals surface area contributed by atoms with Gasteiger partial charge in [0.15, 0.2) is 0 Å². The summed E-state index contributed by atoms with van der Waals surface area (Å²) in [5.41, 5.74) is 1.80. The monoisotopic (exact) mass is 294 g/mol. The van der Waals surface area contributed by atoms with Gasteiger partial charge < -0.3 is 4.74 Å². The Morgan fingerprint density at radius 2 is 1.59 bits per heavy atom. The molecule has 0 N–H and O–H groups in total. The fourth-order valence-electron chi connectivity index (χ4n) is 3.31. The predicted octanol–water partition coefficient (Wildman–Crippen LogP) is 4.28. The minimum atomic E-state index is -0.450. The molecule has 1 atom stereocenters. The minimum Gasteiger partial charge on any atom is -0.375 e. The van der Waals surface area contributed by atoms with Crippen LogP contribution in [0.5, 0.6) is 0 Å². The summed E-state index contributed by atoms with van der Waals surface area (Å²) >= 11 is 0. The van der Waals surface area contributed by atoms with E-state index < -0.39 is 5.41 Å². The normalized spacial score (nSPS) is 21.7. The van der Waals surface area contributed by atoms with Crippen molar-refractivity contribution in [3.05, 3.63) is 71.8 Å². The Kier molecular flexibility index (Phi) is 4.69. The van der Waals surface area contributed by atoms with E-state index in [9.17, 15) is 4.79 Å². The molecule has 3 rings (SSSR count). The maximum absolute atomic E-state index is 12.7. The van der Waals surface area contributed by atoms with E-state index in [1.165, 1.54) is 0 Å². The molecule has 1 saturated carbocycles. The maximum atomic E-state index is 12.7. The first-order valence-electron chi connectivity index (χ1n) is 8.02. The highest BCUT2D eigenvalue weighted by atomic mass is 16.5. The number of hydrogen-bond donors (Lipinski definition) is 0. The molecule has 0 saturated heterocycles. The largest absolute Gasteiger partial charge is 0.375 e. The van der Waals surface area contributed by atoms with Gasteiger partial charge in [0.2, 0.25) is 0 Å². The van der Waals surface area contributed by atoms with Crippen molar-refractivity contribution in [1.29, 1.82) is 0 Å². The molecular weight excluding hydrogens is 272 g/mol. The summed E-state index contributed by atoms with van der Waals surface area (Å²) in [6, 6.07) is 20.3. The van der Waals surface area contributed by atoms with Crippen LogP contribution in [0.1, 0.15) is 36.8 Å². The molecule has 1 aliphatic carbocycles. The fraction of sp³-hybridized carbons (Fsp3) is 0.350. The van der Waals surface area contributed by atoms with Gasteiger partial charge in [-0.15, -0.1) is 0 Å². The van der Waals surface area contributed by atoms with Crippen molar-refractivity contribution in [3.8, 4) is 0 Å². The Hall–Kier alpha value is -1.93. The smallest absolute Gasteiger partial charge is 0.145 e. The van der Waals surface area contributed by atoms with Crippen LogP contribution in [0.15, 0.2) is 60.7 Å². The molecular formula is C20H22O2. The molecule has 0 spiro atoms. The molecule has 0 unspecified atom stereocenters. The summed E-state index contributed by atoms with van der Waals surface area (Å²) in [5.74, 6) is 0.331. The number of ether oxygens (including phenoxy) is 1. The minimum absolute atomic E-state index is 0.331. The number of benzene rings is 2. The Morgan fingerprint density at radius 3 is 2.27 bits per heavy atom. The van der Waals surface area contributed by atoms with Crippen molar-refractivity contribution in [3.63, 3.8) is 0 Å². The van der Waals surface area contributed by atoms with Gasteiger partial charge in [-0.1, -0.05) is 67.1 Å². The Labute approximate surface area is 132 Å². The van der Waals surface area contributed by atoms with Gasteiger partial charge in [0.05, 0.1) is 18.6 Å². The lowest BCUT2D eigenvalue weighted by molar-refractivity contribution is -0.129. The lowest BCUT2D eigenvalue weighted by atomic mass is 9.69. The molecule has 0 radical (unpaired) electrons. The quantitative estimate of drug-likeness (QED) is 0.822. The second-order valence-corrected chi connectivity index (χ2v) is 6.06. The lowest BCUT2D eigenvalue weighted by Crippen LogP contribution is -2.42. The van der Waals surface area contributed by atoms with Crippen LogP contribution in [-0.4, -0.2) is 12.4 Å². The topological polar surface area (TPSA) is 26.3 Å². The molecule has 2 heteroatoms. The van der Waals surface area contributed by atoms with Crippen LogP contribution in [0.3, 0.4) is 0 Å². The molecule has 0 heterocycles. The van der Waals surface area contributed by atoms with Crippen LogP contribution < -0.4 is 0 Å². The molecule has 0 amide bonds. The summed E-state index contributed by atoms with van der Waals surface area (Å²) in [6.07, 6.45) is 3.66. The Bertz CT molecular complexity index is 606. The summed E-state index contributed by atoms with van der Waals surface area (Å²) < 4.78 is 5.97. The van der Waals surface area contributed by atoms with E-state index in [1.807, 2.05) is 36.4 Å². The molecule has 0 aromatic heterocycles. The van der Waals surface area contributed by atoms with E-state index in [4.69, 9.17) is 4.74 Å². The van der Waals surface area contributed by atoms with Crippen molar-refractivity contribution in [2.24, 2.45) is 0 Å². The van der Waals surface area contributed by atoms with Crippen molar-refractivity contribution in [2.75, 3.05) is 6.61 Å². The number of hydrogen-bond acceptors (Lipinski definition) is 2. The van der Waals surface area contributed by atoms with E-state index in [0.29, 0.717) is 25.4 Å². The number of rotatable bonds is 5. The van der Waals surface area contributed by atoms with Gasteiger partial charge in [0, 0.05) is 6.42 Å². The van der Waals surface area contributed by atoms with E-state index >= 15 is 0 Å². The van der Waals surface area contributed by atoms with Gasteiger partial charge in [0.1, 0.15) is 5.78 Å². The average Bonchev–Trinajstić information content (AvgIpc) is 2.58.